The lowest BCUT2D eigenvalue weighted by Gasteiger charge is -2.11. The molecule has 20 heavy (non-hydrogen) atoms. The van der Waals surface area contributed by atoms with Crippen LogP contribution in [0.4, 0.5) is 5.82 Å². The van der Waals surface area contributed by atoms with Crippen molar-refractivity contribution in [2.75, 3.05) is 5.32 Å². The van der Waals surface area contributed by atoms with E-state index in [9.17, 15) is 4.79 Å². The Morgan fingerprint density at radius 1 is 1.30 bits per heavy atom. The standard InChI is InChI=1S/C16H18N2OS/c1-12-8-9-17-15(10-12)18-16(19)13(2)20-11-14-6-4-3-5-7-14/h3-10,13H,11H2,1-2H3,(H,17,18,19). The van der Waals surface area contributed by atoms with Crippen molar-refractivity contribution in [1.82, 2.24) is 4.98 Å². The molecular weight excluding hydrogens is 268 g/mol. The summed E-state index contributed by atoms with van der Waals surface area (Å²) in [5.41, 5.74) is 2.31. The van der Waals surface area contributed by atoms with E-state index in [-0.39, 0.29) is 11.2 Å². The van der Waals surface area contributed by atoms with Gasteiger partial charge in [0.2, 0.25) is 5.91 Å². The molecule has 1 heterocycles. The molecule has 1 aromatic heterocycles. The Hall–Kier alpha value is -1.81. The van der Waals surface area contributed by atoms with Crippen LogP contribution in [0.15, 0.2) is 48.7 Å². The second-order valence-corrected chi connectivity index (χ2v) is 5.98. The molecule has 2 aromatic rings. The summed E-state index contributed by atoms with van der Waals surface area (Å²) in [6.45, 7) is 3.89. The largest absolute Gasteiger partial charge is 0.310 e. The van der Waals surface area contributed by atoms with E-state index in [1.165, 1.54) is 5.56 Å². The first-order valence-corrected chi connectivity index (χ1v) is 7.59. The average Bonchev–Trinajstić information content (AvgIpc) is 2.46. The fourth-order valence-corrected chi connectivity index (χ4v) is 2.55. The first kappa shape index (κ1) is 14.6. The van der Waals surface area contributed by atoms with Gasteiger partial charge in [-0.3, -0.25) is 4.79 Å². The smallest absolute Gasteiger partial charge is 0.238 e. The Morgan fingerprint density at radius 3 is 2.75 bits per heavy atom. The molecule has 3 nitrogen and oxygen atoms in total. The maximum absolute atomic E-state index is 12.1. The molecule has 1 amide bonds. The average molecular weight is 286 g/mol. The van der Waals surface area contributed by atoms with E-state index in [2.05, 4.69) is 22.4 Å². The van der Waals surface area contributed by atoms with E-state index in [1.54, 1.807) is 18.0 Å². The SMILES string of the molecule is Cc1ccnc(NC(=O)C(C)SCc2ccccc2)c1. The molecule has 1 unspecified atom stereocenters. The number of carbonyl (C=O) groups is 1. The van der Waals surface area contributed by atoms with Crippen molar-refractivity contribution in [1.29, 1.82) is 0 Å². The molecule has 0 fully saturated rings. The number of aromatic nitrogens is 1. The van der Waals surface area contributed by atoms with Gasteiger partial charge in [-0.15, -0.1) is 11.8 Å². The molecule has 0 bridgehead atoms. The van der Waals surface area contributed by atoms with Gasteiger partial charge in [-0.25, -0.2) is 4.98 Å². The Labute approximate surface area is 123 Å². The number of pyridine rings is 1. The van der Waals surface area contributed by atoms with Crippen molar-refractivity contribution >= 4 is 23.5 Å². The minimum absolute atomic E-state index is 0.0102. The highest BCUT2D eigenvalue weighted by Gasteiger charge is 2.14. The molecule has 2 rings (SSSR count). The van der Waals surface area contributed by atoms with Gasteiger partial charge < -0.3 is 5.32 Å². The number of thioether (sulfide) groups is 1. The number of hydrogen-bond donors (Lipinski definition) is 1. The van der Waals surface area contributed by atoms with E-state index >= 15 is 0 Å². The Morgan fingerprint density at radius 2 is 2.05 bits per heavy atom. The van der Waals surface area contributed by atoms with Crippen LogP contribution in [0.2, 0.25) is 0 Å². The minimum Gasteiger partial charge on any atom is -0.310 e. The van der Waals surface area contributed by atoms with Gasteiger partial charge in [0, 0.05) is 11.9 Å². The number of rotatable bonds is 5. The van der Waals surface area contributed by atoms with Crippen molar-refractivity contribution in [3.05, 3.63) is 59.8 Å². The normalized spacial score (nSPS) is 11.9. The highest BCUT2D eigenvalue weighted by atomic mass is 32.2. The lowest BCUT2D eigenvalue weighted by Crippen LogP contribution is -2.23. The fourth-order valence-electron chi connectivity index (χ4n) is 1.70. The number of hydrogen-bond acceptors (Lipinski definition) is 3. The third-order valence-corrected chi connectivity index (χ3v) is 4.09. The van der Waals surface area contributed by atoms with Crippen LogP contribution in [0.3, 0.4) is 0 Å². The van der Waals surface area contributed by atoms with Crippen molar-refractivity contribution in [2.24, 2.45) is 0 Å². The number of nitrogens with one attached hydrogen (secondary N) is 1. The summed E-state index contributed by atoms with van der Waals surface area (Å²) in [7, 11) is 0. The Balaban J connectivity index is 1.86. The minimum atomic E-state index is -0.113. The molecule has 1 aromatic carbocycles. The van der Waals surface area contributed by atoms with E-state index < -0.39 is 0 Å². The summed E-state index contributed by atoms with van der Waals surface area (Å²) < 4.78 is 0. The second kappa shape index (κ2) is 7.10. The Kier molecular flexibility index (Phi) is 5.18. The molecule has 104 valence electrons. The predicted octanol–water partition coefficient (Wildman–Crippen LogP) is 3.65. The molecule has 0 aliphatic carbocycles. The van der Waals surface area contributed by atoms with Gasteiger partial charge in [-0.2, -0.15) is 0 Å². The van der Waals surface area contributed by atoms with E-state index in [0.717, 1.165) is 11.3 Å². The number of carbonyl (C=O) groups excluding carboxylic acids is 1. The quantitative estimate of drug-likeness (QED) is 0.912. The number of nitrogens with zero attached hydrogens (tertiary/aromatic N) is 1. The van der Waals surface area contributed by atoms with Gasteiger partial charge in [0.15, 0.2) is 0 Å². The van der Waals surface area contributed by atoms with Crippen molar-refractivity contribution in [3.63, 3.8) is 0 Å². The van der Waals surface area contributed by atoms with Crippen LogP contribution < -0.4 is 5.32 Å². The van der Waals surface area contributed by atoms with Crippen molar-refractivity contribution < 1.29 is 4.79 Å². The number of amides is 1. The zero-order valence-electron chi connectivity index (χ0n) is 11.7. The first-order chi connectivity index (χ1) is 9.65. The van der Waals surface area contributed by atoms with Gasteiger partial charge in [-0.1, -0.05) is 30.3 Å². The van der Waals surface area contributed by atoms with Crippen LogP contribution in [0, 0.1) is 6.92 Å². The van der Waals surface area contributed by atoms with Gasteiger partial charge in [0.1, 0.15) is 5.82 Å². The lowest BCUT2D eigenvalue weighted by molar-refractivity contribution is -0.115. The molecule has 0 aliphatic heterocycles. The molecular formula is C16H18N2OS. The third-order valence-electron chi connectivity index (χ3n) is 2.88. The van der Waals surface area contributed by atoms with E-state index in [1.807, 2.05) is 44.2 Å². The van der Waals surface area contributed by atoms with Gasteiger partial charge in [0.05, 0.1) is 5.25 Å². The Bertz CT molecular complexity index is 572. The van der Waals surface area contributed by atoms with E-state index in [0.29, 0.717) is 5.82 Å². The lowest BCUT2D eigenvalue weighted by atomic mass is 10.2. The molecule has 1 atom stereocenters. The highest BCUT2D eigenvalue weighted by molar-refractivity contribution is 7.99. The second-order valence-electron chi connectivity index (χ2n) is 4.65. The zero-order chi connectivity index (χ0) is 14.4. The number of anilines is 1. The summed E-state index contributed by atoms with van der Waals surface area (Å²) in [5.74, 6) is 1.43. The molecule has 0 saturated carbocycles. The van der Waals surface area contributed by atoms with Crippen LogP contribution in [0.25, 0.3) is 0 Å². The van der Waals surface area contributed by atoms with Gasteiger partial charge in [0.25, 0.3) is 0 Å². The van der Waals surface area contributed by atoms with Crippen molar-refractivity contribution in [2.45, 2.75) is 24.9 Å². The first-order valence-electron chi connectivity index (χ1n) is 6.54. The number of aryl methyl sites for hydroxylation is 1. The third kappa shape index (κ3) is 4.38. The summed E-state index contributed by atoms with van der Waals surface area (Å²) in [6.07, 6.45) is 1.70. The number of benzene rings is 1. The molecule has 0 spiro atoms. The monoisotopic (exact) mass is 286 g/mol. The van der Waals surface area contributed by atoms with Crippen molar-refractivity contribution in [3.8, 4) is 0 Å². The summed E-state index contributed by atoms with van der Waals surface area (Å²) in [4.78, 5) is 16.2. The summed E-state index contributed by atoms with van der Waals surface area (Å²) >= 11 is 1.62. The van der Waals surface area contributed by atoms with Crippen LogP contribution in [-0.4, -0.2) is 16.1 Å². The maximum atomic E-state index is 12.1. The molecule has 0 radical (unpaired) electrons. The predicted molar refractivity (Wildman–Crippen MR) is 84.8 cm³/mol. The zero-order valence-corrected chi connectivity index (χ0v) is 12.5. The summed E-state index contributed by atoms with van der Waals surface area (Å²) in [6, 6.07) is 13.9. The van der Waals surface area contributed by atoms with Gasteiger partial charge in [-0.05, 0) is 37.1 Å². The summed E-state index contributed by atoms with van der Waals surface area (Å²) in [5, 5.41) is 2.73. The topological polar surface area (TPSA) is 42.0 Å². The fraction of sp³-hybridized carbons (Fsp3) is 0.250. The van der Waals surface area contributed by atoms with Crippen LogP contribution >= 0.6 is 11.8 Å². The van der Waals surface area contributed by atoms with Gasteiger partial charge >= 0.3 is 0 Å². The molecule has 4 heteroatoms. The molecule has 1 N–H and O–H groups in total. The van der Waals surface area contributed by atoms with Crippen LogP contribution in [-0.2, 0) is 10.5 Å². The van der Waals surface area contributed by atoms with E-state index in [4.69, 9.17) is 0 Å². The molecule has 0 aliphatic rings. The molecule has 0 saturated heterocycles. The van der Waals surface area contributed by atoms with Crippen LogP contribution in [0.5, 0.6) is 0 Å². The maximum Gasteiger partial charge on any atom is 0.238 e. The highest BCUT2D eigenvalue weighted by Crippen LogP contribution is 2.18. The van der Waals surface area contributed by atoms with Crippen LogP contribution in [0.1, 0.15) is 18.1 Å².